The van der Waals surface area contributed by atoms with Crippen molar-refractivity contribution in [2.45, 2.75) is 53.6 Å². The maximum atomic E-state index is 11.3. The molecule has 0 atom stereocenters. The standard InChI is InChI=1S/C14H27NO5/c1-13(2,3)10-19-11(16)15-8-7-9-18-12(17)20-14(4,5)6/h7-10H2,1-6H3,(H,15,16). The van der Waals surface area contributed by atoms with Crippen LogP contribution in [-0.2, 0) is 14.2 Å². The molecule has 0 rings (SSSR count). The van der Waals surface area contributed by atoms with Crippen molar-refractivity contribution in [2.75, 3.05) is 19.8 Å². The SMILES string of the molecule is CC(C)(C)COC(=O)NCCCOC(=O)OC(C)(C)C. The number of alkyl carbamates (subject to hydrolysis) is 1. The highest BCUT2D eigenvalue weighted by Crippen LogP contribution is 2.12. The van der Waals surface area contributed by atoms with Crippen molar-refractivity contribution in [3.63, 3.8) is 0 Å². The summed E-state index contributed by atoms with van der Waals surface area (Å²) in [4.78, 5) is 22.5. The van der Waals surface area contributed by atoms with Crippen LogP contribution in [0.1, 0.15) is 48.0 Å². The molecule has 0 spiro atoms. The molecule has 0 aliphatic heterocycles. The van der Waals surface area contributed by atoms with E-state index in [1.165, 1.54) is 0 Å². The largest absolute Gasteiger partial charge is 0.508 e. The maximum Gasteiger partial charge on any atom is 0.508 e. The normalized spacial score (nSPS) is 11.7. The van der Waals surface area contributed by atoms with Gasteiger partial charge in [0.15, 0.2) is 0 Å². The molecule has 0 aromatic rings. The summed E-state index contributed by atoms with van der Waals surface area (Å²) >= 11 is 0. The molecule has 118 valence electrons. The summed E-state index contributed by atoms with van der Waals surface area (Å²) in [6.07, 6.45) is -0.658. The minimum absolute atomic E-state index is 0.0584. The Hall–Kier alpha value is -1.46. The van der Waals surface area contributed by atoms with E-state index in [0.29, 0.717) is 19.6 Å². The number of amides is 1. The van der Waals surface area contributed by atoms with Crippen LogP contribution < -0.4 is 5.32 Å². The Balaban J connectivity index is 3.58. The van der Waals surface area contributed by atoms with Gasteiger partial charge >= 0.3 is 12.2 Å². The van der Waals surface area contributed by atoms with Crippen LogP contribution >= 0.6 is 0 Å². The minimum atomic E-state index is -0.701. The minimum Gasteiger partial charge on any atom is -0.449 e. The van der Waals surface area contributed by atoms with Crippen molar-refractivity contribution >= 4 is 12.2 Å². The lowest BCUT2D eigenvalue weighted by molar-refractivity contribution is -0.00738. The zero-order valence-electron chi connectivity index (χ0n) is 13.4. The smallest absolute Gasteiger partial charge is 0.449 e. The van der Waals surface area contributed by atoms with Crippen molar-refractivity contribution in [3.05, 3.63) is 0 Å². The van der Waals surface area contributed by atoms with E-state index in [4.69, 9.17) is 14.2 Å². The van der Waals surface area contributed by atoms with Gasteiger partial charge in [-0.15, -0.1) is 0 Å². The van der Waals surface area contributed by atoms with Gasteiger partial charge in [0.2, 0.25) is 0 Å². The summed E-state index contributed by atoms with van der Waals surface area (Å²) in [5.74, 6) is 0. The van der Waals surface area contributed by atoms with E-state index in [1.54, 1.807) is 20.8 Å². The molecule has 0 unspecified atom stereocenters. The van der Waals surface area contributed by atoms with Gasteiger partial charge in [0.1, 0.15) is 5.60 Å². The predicted molar refractivity (Wildman–Crippen MR) is 75.6 cm³/mol. The molecule has 0 radical (unpaired) electrons. The summed E-state index contributed by atoms with van der Waals surface area (Å²) in [6.45, 7) is 12.2. The van der Waals surface area contributed by atoms with E-state index in [-0.39, 0.29) is 12.0 Å². The van der Waals surface area contributed by atoms with Crippen molar-refractivity contribution in [1.29, 1.82) is 0 Å². The Morgan fingerprint density at radius 1 is 1.00 bits per heavy atom. The molecule has 0 aliphatic rings. The molecule has 1 amide bonds. The van der Waals surface area contributed by atoms with Gasteiger partial charge in [-0.2, -0.15) is 0 Å². The quantitative estimate of drug-likeness (QED) is 0.622. The van der Waals surface area contributed by atoms with Gasteiger partial charge in [0.25, 0.3) is 0 Å². The Morgan fingerprint density at radius 2 is 1.60 bits per heavy atom. The van der Waals surface area contributed by atoms with Gasteiger partial charge in [-0.1, -0.05) is 20.8 Å². The number of rotatable bonds is 5. The molecule has 0 aromatic heterocycles. The third kappa shape index (κ3) is 13.0. The van der Waals surface area contributed by atoms with E-state index >= 15 is 0 Å². The summed E-state index contributed by atoms with van der Waals surface area (Å²) in [7, 11) is 0. The van der Waals surface area contributed by atoms with Crippen LogP contribution in [0.3, 0.4) is 0 Å². The van der Waals surface area contributed by atoms with E-state index in [9.17, 15) is 9.59 Å². The van der Waals surface area contributed by atoms with E-state index in [1.807, 2.05) is 20.8 Å². The summed E-state index contributed by atoms with van der Waals surface area (Å²) in [6, 6.07) is 0. The van der Waals surface area contributed by atoms with Crippen molar-refractivity contribution in [1.82, 2.24) is 5.32 Å². The van der Waals surface area contributed by atoms with Crippen LogP contribution in [-0.4, -0.2) is 37.6 Å². The van der Waals surface area contributed by atoms with Gasteiger partial charge in [0, 0.05) is 6.54 Å². The molecule has 0 bridgehead atoms. The molecule has 6 heteroatoms. The van der Waals surface area contributed by atoms with Crippen molar-refractivity contribution < 1.29 is 23.8 Å². The molecule has 1 N–H and O–H groups in total. The number of carbonyl (C=O) groups is 2. The first kappa shape index (κ1) is 18.5. The first-order chi connectivity index (χ1) is 8.99. The molecule has 0 heterocycles. The number of hydrogen-bond donors (Lipinski definition) is 1. The third-order valence-corrected chi connectivity index (χ3v) is 1.84. The molecule has 0 saturated heterocycles. The monoisotopic (exact) mass is 289 g/mol. The Morgan fingerprint density at radius 3 is 2.10 bits per heavy atom. The second-order valence-corrected chi connectivity index (χ2v) is 6.73. The maximum absolute atomic E-state index is 11.3. The fraction of sp³-hybridized carbons (Fsp3) is 0.857. The highest BCUT2D eigenvalue weighted by atomic mass is 16.7. The topological polar surface area (TPSA) is 73.9 Å². The van der Waals surface area contributed by atoms with Gasteiger partial charge in [-0.25, -0.2) is 9.59 Å². The fourth-order valence-corrected chi connectivity index (χ4v) is 1.03. The lowest BCUT2D eigenvalue weighted by Crippen LogP contribution is -2.30. The van der Waals surface area contributed by atoms with Crippen molar-refractivity contribution in [3.8, 4) is 0 Å². The predicted octanol–water partition coefficient (Wildman–Crippen LogP) is 3.10. The summed E-state index contributed by atoms with van der Waals surface area (Å²) in [5.41, 5.74) is -0.622. The Kier molecular flexibility index (Phi) is 7.39. The number of nitrogens with one attached hydrogen (secondary N) is 1. The van der Waals surface area contributed by atoms with E-state index < -0.39 is 17.8 Å². The zero-order valence-corrected chi connectivity index (χ0v) is 13.4. The van der Waals surface area contributed by atoms with Crippen LogP contribution in [0.25, 0.3) is 0 Å². The Bertz CT molecular complexity index is 315. The number of ether oxygens (including phenoxy) is 3. The first-order valence-corrected chi connectivity index (χ1v) is 6.76. The second kappa shape index (κ2) is 7.97. The summed E-state index contributed by atoms with van der Waals surface area (Å²) < 4.78 is 14.8. The molecular weight excluding hydrogens is 262 g/mol. The molecule has 0 fully saturated rings. The van der Waals surface area contributed by atoms with Gasteiger partial charge in [-0.3, -0.25) is 0 Å². The highest BCUT2D eigenvalue weighted by molar-refractivity contribution is 5.67. The van der Waals surface area contributed by atoms with Crippen LogP contribution in [0.5, 0.6) is 0 Å². The van der Waals surface area contributed by atoms with E-state index in [0.717, 1.165) is 0 Å². The molecular formula is C14H27NO5. The molecule has 0 aromatic carbocycles. The average molecular weight is 289 g/mol. The lowest BCUT2D eigenvalue weighted by atomic mass is 9.99. The average Bonchev–Trinajstić information content (AvgIpc) is 2.22. The molecule has 0 saturated carbocycles. The molecule has 20 heavy (non-hydrogen) atoms. The summed E-state index contributed by atoms with van der Waals surface area (Å²) in [5, 5.41) is 2.58. The number of carbonyl (C=O) groups excluding carboxylic acids is 2. The second-order valence-electron chi connectivity index (χ2n) is 6.73. The zero-order chi connectivity index (χ0) is 15.8. The van der Waals surface area contributed by atoms with Crippen LogP contribution in [0.4, 0.5) is 9.59 Å². The number of hydrogen-bond acceptors (Lipinski definition) is 5. The van der Waals surface area contributed by atoms with E-state index in [2.05, 4.69) is 5.32 Å². The fourth-order valence-electron chi connectivity index (χ4n) is 1.03. The van der Waals surface area contributed by atoms with Gasteiger partial charge < -0.3 is 19.5 Å². The van der Waals surface area contributed by atoms with Crippen LogP contribution in [0.15, 0.2) is 0 Å². The Labute approximate surface area is 121 Å². The van der Waals surface area contributed by atoms with Gasteiger partial charge in [0.05, 0.1) is 13.2 Å². The molecule has 6 nitrogen and oxygen atoms in total. The van der Waals surface area contributed by atoms with Crippen molar-refractivity contribution in [2.24, 2.45) is 5.41 Å². The lowest BCUT2D eigenvalue weighted by Gasteiger charge is -2.19. The first-order valence-electron chi connectivity index (χ1n) is 6.76. The van der Waals surface area contributed by atoms with Crippen LogP contribution in [0, 0.1) is 5.41 Å². The molecule has 0 aliphatic carbocycles. The highest BCUT2D eigenvalue weighted by Gasteiger charge is 2.17. The third-order valence-electron chi connectivity index (χ3n) is 1.84. The van der Waals surface area contributed by atoms with Crippen LogP contribution in [0.2, 0.25) is 0 Å². The van der Waals surface area contributed by atoms with Gasteiger partial charge in [-0.05, 0) is 32.6 Å².